The van der Waals surface area contributed by atoms with E-state index in [1.807, 2.05) is 0 Å². The molecule has 0 radical (unpaired) electrons. The topological polar surface area (TPSA) is 97.4 Å². The molecule has 0 bridgehead atoms. The number of amides is 2. The van der Waals surface area contributed by atoms with E-state index in [1.165, 1.54) is 25.6 Å². The Bertz CT molecular complexity index is 808. The van der Waals surface area contributed by atoms with Gasteiger partial charge in [-0.05, 0) is 49.6 Å². The molecule has 2 aromatic rings. The second-order valence-electron chi connectivity index (χ2n) is 5.36. The van der Waals surface area contributed by atoms with Crippen molar-refractivity contribution in [1.29, 1.82) is 0 Å². The number of nitrogens with zero attached hydrogens (tertiary/aromatic N) is 1. The van der Waals surface area contributed by atoms with Gasteiger partial charge in [-0.1, -0.05) is 0 Å². The third-order valence-electron chi connectivity index (χ3n) is 3.31. The first kappa shape index (κ1) is 19.5. The van der Waals surface area contributed by atoms with Gasteiger partial charge in [0.1, 0.15) is 5.03 Å². The van der Waals surface area contributed by atoms with Crippen LogP contribution in [0.4, 0.5) is 11.4 Å². The number of carbonyl (C=O) groups is 3. The highest BCUT2D eigenvalue weighted by molar-refractivity contribution is 7.98. The molecular weight excluding hydrogens is 354 g/mol. The molecule has 0 fully saturated rings. The number of benzene rings is 1. The molecule has 2 rings (SSSR count). The molecule has 0 spiro atoms. The summed E-state index contributed by atoms with van der Waals surface area (Å²) in [6.45, 7) is 2.91. The summed E-state index contributed by atoms with van der Waals surface area (Å²) in [6.07, 6.45) is 2.41. The highest BCUT2D eigenvalue weighted by Gasteiger charge is 2.21. The Hall–Kier alpha value is -2.87. The largest absolute Gasteiger partial charge is 0.449 e. The Morgan fingerprint density at radius 1 is 1.08 bits per heavy atom. The number of esters is 1. The van der Waals surface area contributed by atoms with Crippen molar-refractivity contribution in [2.75, 3.05) is 16.9 Å². The Morgan fingerprint density at radius 3 is 2.27 bits per heavy atom. The van der Waals surface area contributed by atoms with Crippen molar-refractivity contribution in [3.8, 4) is 0 Å². The predicted octanol–water partition coefficient (Wildman–Crippen LogP) is 2.95. The summed E-state index contributed by atoms with van der Waals surface area (Å²) in [6, 6.07) is 9.85. The van der Waals surface area contributed by atoms with Crippen molar-refractivity contribution >= 4 is 40.9 Å². The molecule has 8 heteroatoms. The Kier molecular flexibility index (Phi) is 6.74. The molecule has 0 aliphatic rings. The summed E-state index contributed by atoms with van der Waals surface area (Å²) in [7, 11) is 0. The molecule has 0 saturated heterocycles. The van der Waals surface area contributed by atoms with Crippen LogP contribution in [0.2, 0.25) is 0 Å². The normalized spacial score (nSPS) is 11.3. The third-order valence-corrected chi connectivity index (χ3v) is 4.02. The van der Waals surface area contributed by atoms with Crippen LogP contribution >= 0.6 is 11.8 Å². The second kappa shape index (κ2) is 9.00. The van der Waals surface area contributed by atoms with Crippen molar-refractivity contribution in [3.05, 3.63) is 48.2 Å². The molecule has 136 valence electrons. The van der Waals surface area contributed by atoms with Gasteiger partial charge in [0.05, 0.1) is 5.56 Å². The maximum atomic E-state index is 12.2. The average molecular weight is 373 g/mol. The van der Waals surface area contributed by atoms with Gasteiger partial charge in [0.15, 0.2) is 6.10 Å². The zero-order valence-corrected chi connectivity index (χ0v) is 15.4. The van der Waals surface area contributed by atoms with E-state index in [1.54, 1.807) is 48.9 Å². The van der Waals surface area contributed by atoms with Gasteiger partial charge in [0.2, 0.25) is 5.91 Å². The SMILES string of the molecule is CSc1ncccc1C(=O)O[C@@H](C)C(=O)Nc1ccc(NC(C)=O)cc1. The summed E-state index contributed by atoms with van der Waals surface area (Å²) < 4.78 is 5.23. The molecule has 7 nitrogen and oxygen atoms in total. The number of aromatic nitrogens is 1. The molecule has 0 aliphatic carbocycles. The van der Waals surface area contributed by atoms with Crippen LogP contribution < -0.4 is 10.6 Å². The molecule has 2 amide bonds. The lowest BCUT2D eigenvalue weighted by Gasteiger charge is -2.14. The highest BCUT2D eigenvalue weighted by atomic mass is 32.2. The van der Waals surface area contributed by atoms with Gasteiger partial charge in [0.25, 0.3) is 5.91 Å². The van der Waals surface area contributed by atoms with E-state index in [-0.39, 0.29) is 5.91 Å². The third kappa shape index (κ3) is 5.32. The van der Waals surface area contributed by atoms with Gasteiger partial charge in [0, 0.05) is 24.5 Å². The maximum Gasteiger partial charge on any atom is 0.341 e. The molecule has 1 aromatic heterocycles. The summed E-state index contributed by atoms with van der Waals surface area (Å²) in [4.78, 5) is 39.6. The lowest BCUT2D eigenvalue weighted by atomic mass is 10.2. The number of ether oxygens (including phenoxy) is 1. The van der Waals surface area contributed by atoms with E-state index in [2.05, 4.69) is 15.6 Å². The van der Waals surface area contributed by atoms with Crippen LogP contribution in [-0.2, 0) is 14.3 Å². The van der Waals surface area contributed by atoms with Crippen LogP contribution in [0.15, 0.2) is 47.6 Å². The fraction of sp³-hybridized carbons (Fsp3) is 0.222. The zero-order valence-electron chi connectivity index (χ0n) is 14.6. The fourth-order valence-electron chi connectivity index (χ4n) is 2.07. The fourth-order valence-corrected chi connectivity index (χ4v) is 2.61. The van der Waals surface area contributed by atoms with Crippen molar-refractivity contribution < 1.29 is 19.1 Å². The number of carbonyl (C=O) groups excluding carboxylic acids is 3. The number of rotatable bonds is 6. The molecule has 0 saturated carbocycles. The molecule has 1 atom stereocenters. The molecular formula is C18H19N3O4S. The summed E-state index contributed by atoms with van der Waals surface area (Å²) >= 11 is 1.32. The van der Waals surface area contributed by atoms with E-state index in [4.69, 9.17) is 4.74 Å². The monoisotopic (exact) mass is 373 g/mol. The van der Waals surface area contributed by atoms with Crippen molar-refractivity contribution in [3.63, 3.8) is 0 Å². The lowest BCUT2D eigenvalue weighted by molar-refractivity contribution is -0.123. The first-order valence-corrected chi connectivity index (χ1v) is 9.01. The van der Waals surface area contributed by atoms with Crippen molar-refractivity contribution in [2.45, 2.75) is 25.0 Å². The van der Waals surface area contributed by atoms with Crippen molar-refractivity contribution in [2.24, 2.45) is 0 Å². The molecule has 0 aliphatic heterocycles. The molecule has 26 heavy (non-hydrogen) atoms. The minimum absolute atomic E-state index is 0.178. The van der Waals surface area contributed by atoms with Crippen LogP contribution in [-0.4, -0.2) is 35.1 Å². The number of hydrogen-bond acceptors (Lipinski definition) is 6. The predicted molar refractivity (Wildman–Crippen MR) is 100 cm³/mol. The van der Waals surface area contributed by atoms with E-state index >= 15 is 0 Å². The van der Waals surface area contributed by atoms with E-state index in [0.717, 1.165) is 0 Å². The van der Waals surface area contributed by atoms with Crippen LogP contribution in [0.1, 0.15) is 24.2 Å². The maximum absolute atomic E-state index is 12.2. The number of hydrogen-bond donors (Lipinski definition) is 2. The van der Waals surface area contributed by atoms with Crippen LogP contribution in [0.5, 0.6) is 0 Å². The van der Waals surface area contributed by atoms with E-state index in [9.17, 15) is 14.4 Å². The van der Waals surface area contributed by atoms with Crippen LogP contribution in [0.25, 0.3) is 0 Å². The van der Waals surface area contributed by atoms with Gasteiger partial charge in [-0.15, -0.1) is 11.8 Å². The van der Waals surface area contributed by atoms with E-state index in [0.29, 0.717) is 22.0 Å². The molecule has 1 aromatic carbocycles. The number of thioether (sulfide) groups is 1. The zero-order chi connectivity index (χ0) is 19.1. The smallest absolute Gasteiger partial charge is 0.341 e. The highest BCUT2D eigenvalue weighted by Crippen LogP contribution is 2.19. The lowest BCUT2D eigenvalue weighted by Crippen LogP contribution is -2.30. The first-order valence-electron chi connectivity index (χ1n) is 7.79. The van der Waals surface area contributed by atoms with Crippen molar-refractivity contribution in [1.82, 2.24) is 4.98 Å². The Morgan fingerprint density at radius 2 is 1.69 bits per heavy atom. The van der Waals surface area contributed by atoms with Crippen LogP contribution in [0.3, 0.4) is 0 Å². The van der Waals surface area contributed by atoms with Gasteiger partial charge >= 0.3 is 5.97 Å². The second-order valence-corrected chi connectivity index (χ2v) is 6.15. The van der Waals surface area contributed by atoms with Gasteiger partial charge < -0.3 is 15.4 Å². The number of nitrogens with one attached hydrogen (secondary N) is 2. The Balaban J connectivity index is 1.96. The van der Waals surface area contributed by atoms with Crippen LogP contribution in [0, 0.1) is 0 Å². The number of anilines is 2. The summed E-state index contributed by atoms with van der Waals surface area (Å²) in [5, 5.41) is 5.83. The summed E-state index contributed by atoms with van der Waals surface area (Å²) in [5.74, 6) is -1.24. The minimum Gasteiger partial charge on any atom is -0.449 e. The first-order chi connectivity index (χ1) is 12.4. The molecule has 1 heterocycles. The summed E-state index contributed by atoms with van der Waals surface area (Å²) in [5.41, 5.74) is 1.47. The van der Waals surface area contributed by atoms with Gasteiger partial charge in [-0.3, -0.25) is 9.59 Å². The number of pyridine rings is 1. The Labute approximate surface area is 155 Å². The van der Waals surface area contributed by atoms with Gasteiger partial charge in [-0.25, -0.2) is 9.78 Å². The van der Waals surface area contributed by atoms with Gasteiger partial charge in [-0.2, -0.15) is 0 Å². The van der Waals surface area contributed by atoms with E-state index < -0.39 is 18.0 Å². The molecule has 2 N–H and O–H groups in total. The standard InChI is InChI=1S/C18H19N3O4S/c1-11(25-18(24)15-5-4-10-19-17(15)26-3)16(23)21-14-8-6-13(7-9-14)20-12(2)22/h4-11H,1-3H3,(H,20,22)(H,21,23)/t11-/m0/s1. The quantitative estimate of drug-likeness (QED) is 0.597. The minimum atomic E-state index is -0.979. The average Bonchev–Trinajstić information content (AvgIpc) is 2.62. The molecule has 0 unspecified atom stereocenters.